The van der Waals surface area contributed by atoms with Crippen molar-refractivity contribution in [3.8, 4) is 34.0 Å². The number of aromatic nitrogens is 3. The molecule has 5 aromatic rings. The minimum Gasteiger partial charge on any atom is -0.494 e. The van der Waals surface area contributed by atoms with Crippen LogP contribution >= 0.6 is 0 Å². The van der Waals surface area contributed by atoms with Crippen molar-refractivity contribution in [1.29, 1.82) is 0 Å². The lowest BCUT2D eigenvalue weighted by Crippen LogP contribution is -1.84. The fourth-order valence-electron chi connectivity index (χ4n) is 4.05. The molecule has 0 atom stereocenters. The fourth-order valence-corrected chi connectivity index (χ4v) is 4.05. The highest BCUT2D eigenvalue weighted by molar-refractivity contribution is 6.07. The average molecular weight is 371 g/mol. The van der Waals surface area contributed by atoms with Crippen molar-refractivity contribution in [2.24, 2.45) is 7.05 Å². The van der Waals surface area contributed by atoms with Crippen LogP contribution in [-0.4, -0.2) is 24.7 Å². The highest BCUT2D eigenvalue weighted by Crippen LogP contribution is 2.50. The number of H-pyrrole nitrogens is 2. The first kappa shape index (κ1) is 16.6. The lowest BCUT2D eigenvalue weighted by atomic mass is 9.96. The van der Waals surface area contributed by atoms with Gasteiger partial charge in [0, 0.05) is 52.4 Å². The van der Waals surface area contributed by atoms with E-state index in [1.807, 2.05) is 50.5 Å². The number of aromatic hydroxyl groups is 2. The third-order valence-corrected chi connectivity index (χ3v) is 5.55. The molecule has 0 bridgehead atoms. The number of nitrogens with one attached hydrogen (secondary N) is 2. The van der Waals surface area contributed by atoms with E-state index >= 15 is 0 Å². The number of fused-ring (bicyclic) bond motifs is 2. The van der Waals surface area contributed by atoms with E-state index in [0.29, 0.717) is 11.1 Å². The molecular weight excluding hydrogens is 350 g/mol. The molecule has 0 radical (unpaired) electrons. The van der Waals surface area contributed by atoms with Crippen LogP contribution in [0.1, 0.15) is 11.1 Å². The maximum Gasteiger partial charge on any atom is 0.202 e. The van der Waals surface area contributed by atoms with Gasteiger partial charge in [0.25, 0.3) is 0 Å². The number of hydrogen-bond acceptors (Lipinski definition) is 2. The fraction of sp³-hybridized carbons (Fsp3) is 0.130. The summed E-state index contributed by atoms with van der Waals surface area (Å²) in [7, 11) is 1.66. The third kappa shape index (κ3) is 2.19. The van der Waals surface area contributed by atoms with Gasteiger partial charge in [-0.3, -0.25) is 4.57 Å². The second-order valence-electron chi connectivity index (χ2n) is 7.46. The van der Waals surface area contributed by atoms with E-state index in [2.05, 4.69) is 22.1 Å². The molecule has 0 unspecified atom stereocenters. The number of nitrogens with zero attached hydrogens (tertiary/aromatic N) is 1. The molecular formula is C23H21N3O2. The summed E-state index contributed by atoms with van der Waals surface area (Å²) >= 11 is 0. The van der Waals surface area contributed by atoms with E-state index < -0.39 is 0 Å². The van der Waals surface area contributed by atoms with E-state index in [4.69, 9.17) is 0 Å². The molecule has 2 aromatic carbocycles. The van der Waals surface area contributed by atoms with Crippen molar-refractivity contribution >= 4 is 21.8 Å². The molecule has 0 saturated heterocycles. The third-order valence-electron chi connectivity index (χ3n) is 5.55. The van der Waals surface area contributed by atoms with Crippen molar-refractivity contribution in [1.82, 2.24) is 14.5 Å². The Morgan fingerprint density at radius 2 is 1.14 bits per heavy atom. The first-order valence-corrected chi connectivity index (χ1v) is 9.22. The van der Waals surface area contributed by atoms with Crippen LogP contribution in [0.15, 0.2) is 48.8 Å². The van der Waals surface area contributed by atoms with Gasteiger partial charge < -0.3 is 20.2 Å². The molecule has 0 spiro atoms. The van der Waals surface area contributed by atoms with Gasteiger partial charge in [0.05, 0.1) is 11.1 Å². The molecule has 28 heavy (non-hydrogen) atoms. The first-order chi connectivity index (χ1) is 13.5. The Bertz CT molecular complexity index is 1260. The summed E-state index contributed by atoms with van der Waals surface area (Å²) in [4.78, 5) is 6.56. The quantitative estimate of drug-likeness (QED) is 0.338. The normalized spacial score (nSPS) is 11.7. The predicted molar refractivity (Wildman–Crippen MR) is 113 cm³/mol. The molecule has 140 valence electrons. The minimum absolute atomic E-state index is 0.0388. The molecule has 0 aliphatic heterocycles. The number of hydrogen-bond donors (Lipinski definition) is 4. The molecule has 3 aromatic heterocycles. The number of aryl methyl sites for hydroxylation is 2. The summed E-state index contributed by atoms with van der Waals surface area (Å²) in [5, 5.41) is 23.8. The SMILES string of the molecule is Cc1ccc2[nH]cc(-c3c(-c4c[nH]c5ccc(C)cc45)c(O)n(C)c3O)c2c1. The molecule has 0 aliphatic rings. The van der Waals surface area contributed by atoms with Crippen molar-refractivity contribution in [2.75, 3.05) is 0 Å². The highest BCUT2D eigenvalue weighted by atomic mass is 16.3. The van der Waals surface area contributed by atoms with Gasteiger partial charge in [0.2, 0.25) is 11.8 Å². The monoisotopic (exact) mass is 371 g/mol. The van der Waals surface area contributed by atoms with E-state index in [9.17, 15) is 10.2 Å². The van der Waals surface area contributed by atoms with Crippen LogP contribution in [0, 0.1) is 13.8 Å². The van der Waals surface area contributed by atoms with Crippen LogP contribution in [0.2, 0.25) is 0 Å². The molecule has 5 nitrogen and oxygen atoms in total. The largest absolute Gasteiger partial charge is 0.494 e. The van der Waals surface area contributed by atoms with Crippen LogP contribution in [0.3, 0.4) is 0 Å². The molecule has 0 amide bonds. The highest BCUT2D eigenvalue weighted by Gasteiger charge is 2.26. The minimum atomic E-state index is 0.0388. The van der Waals surface area contributed by atoms with Crippen molar-refractivity contribution in [3.05, 3.63) is 59.9 Å². The smallest absolute Gasteiger partial charge is 0.202 e. The Morgan fingerprint density at radius 1 is 0.714 bits per heavy atom. The molecule has 0 aliphatic carbocycles. The van der Waals surface area contributed by atoms with Gasteiger partial charge in [-0.15, -0.1) is 0 Å². The zero-order valence-electron chi connectivity index (χ0n) is 16.0. The van der Waals surface area contributed by atoms with Crippen LogP contribution in [0.25, 0.3) is 44.1 Å². The predicted octanol–water partition coefficient (Wildman–Crippen LogP) is 5.35. The van der Waals surface area contributed by atoms with Crippen LogP contribution in [0.4, 0.5) is 0 Å². The summed E-state index contributed by atoms with van der Waals surface area (Å²) < 4.78 is 1.42. The lowest BCUT2D eigenvalue weighted by molar-refractivity contribution is 0.388. The maximum absolute atomic E-state index is 10.9. The standard InChI is InChI=1S/C23H21N3O2/c1-12-4-6-18-14(8-12)16(10-24-18)20-21(23(28)26(3)22(20)27)17-11-25-19-7-5-13(2)9-15(17)19/h4-11,24-25,27-28H,1-3H3. The Balaban J connectivity index is 1.88. The van der Waals surface area contributed by atoms with Gasteiger partial charge in [-0.05, 0) is 38.1 Å². The summed E-state index contributed by atoms with van der Waals surface area (Å²) in [6, 6.07) is 12.3. The van der Waals surface area contributed by atoms with Crippen LogP contribution in [0.5, 0.6) is 11.8 Å². The maximum atomic E-state index is 10.9. The van der Waals surface area contributed by atoms with Crippen molar-refractivity contribution < 1.29 is 10.2 Å². The molecule has 3 heterocycles. The molecule has 4 N–H and O–H groups in total. The summed E-state index contributed by atoms with van der Waals surface area (Å²) in [6.07, 6.45) is 3.78. The van der Waals surface area contributed by atoms with Gasteiger partial charge in [-0.1, -0.05) is 23.3 Å². The number of benzene rings is 2. The number of aromatic amines is 2. The Morgan fingerprint density at radius 3 is 1.57 bits per heavy atom. The lowest BCUT2D eigenvalue weighted by Gasteiger charge is -2.05. The van der Waals surface area contributed by atoms with Gasteiger partial charge in [0.1, 0.15) is 0 Å². The van der Waals surface area contributed by atoms with Crippen LogP contribution < -0.4 is 0 Å². The Kier molecular flexibility index (Phi) is 3.37. The van der Waals surface area contributed by atoms with Gasteiger partial charge in [-0.25, -0.2) is 0 Å². The molecule has 5 rings (SSSR count). The average Bonchev–Trinajstić information content (AvgIpc) is 3.32. The second-order valence-corrected chi connectivity index (χ2v) is 7.46. The van der Waals surface area contributed by atoms with E-state index in [0.717, 1.165) is 44.1 Å². The van der Waals surface area contributed by atoms with Gasteiger partial charge in [-0.2, -0.15) is 0 Å². The topological polar surface area (TPSA) is 77.0 Å². The van der Waals surface area contributed by atoms with E-state index in [-0.39, 0.29) is 11.8 Å². The number of rotatable bonds is 2. The zero-order chi connectivity index (χ0) is 19.6. The van der Waals surface area contributed by atoms with Crippen LogP contribution in [-0.2, 0) is 7.05 Å². The summed E-state index contributed by atoms with van der Waals surface area (Å²) in [5.41, 5.74) is 7.23. The van der Waals surface area contributed by atoms with E-state index in [1.54, 1.807) is 7.05 Å². The summed E-state index contributed by atoms with van der Waals surface area (Å²) in [5.74, 6) is 0.0776. The molecule has 0 fully saturated rings. The van der Waals surface area contributed by atoms with Crippen molar-refractivity contribution in [2.45, 2.75) is 13.8 Å². The molecule has 5 heteroatoms. The Hall–Kier alpha value is -3.60. The molecule has 0 saturated carbocycles. The van der Waals surface area contributed by atoms with Gasteiger partial charge >= 0.3 is 0 Å². The zero-order valence-corrected chi connectivity index (χ0v) is 16.0. The first-order valence-electron chi connectivity index (χ1n) is 9.22. The summed E-state index contributed by atoms with van der Waals surface area (Å²) in [6.45, 7) is 4.09. The Labute approximate surface area is 161 Å². The van der Waals surface area contributed by atoms with Gasteiger partial charge in [0.15, 0.2) is 0 Å². The second kappa shape index (κ2) is 5.70. The van der Waals surface area contributed by atoms with E-state index in [1.165, 1.54) is 4.57 Å². The van der Waals surface area contributed by atoms with Crippen molar-refractivity contribution in [3.63, 3.8) is 0 Å².